The summed E-state index contributed by atoms with van der Waals surface area (Å²) in [4.78, 5) is 0. The summed E-state index contributed by atoms with van der Waals surface area (Å²) in [6.07, 6.45) is 6.74. The third-order valence-corrected chi connectivity index (χ3v) is 6.57. The van der Waals surface area contributed by atoms with Crippen LogP contribution in [0.15, 0.2) is 44.5 Å². The van der Waals surface area contributed by atoms with Crippen molar-refractivity contribution in [3.8, 4) is 11.5 Å². The molecule has 1 aromatic carbocycles. The second kappa shape index (κ2) is 6.30. The zero-order valence-electron chi connectivity index (χ0n) is 15.6. The molecule has 1 saturated carbocycles. The fraction of sp³-hybridized carbons (Fsp3) is 0.476. The lowest BCUT2D eigenvalue weighted by Crippen LogP contribution is -2.55. The molecule has 0 amide bonds. The molecule has 2 aromatic rings. The van der Waals surface area contributed by atoms with E-state index in [0.29, 0.717) is 0 Å². The van der Waals surface area contributed by atoms with Crippen LogP contribution in [0.4, 0.5) is 0 Å². The quantitative estimate of drug-likeness (QED) is 0.630. The first-order valence-electron chi connectivity index (χ1n) is 9.57. The zero-order chi connectivity index (χ0) is 18.6. The smallest absolute Gasteiger partial charge is 0.198 e. The van der Waals surface area contributed by atoms with Crippen LogP contribution in [0.2, 0.25) is 0 Å². The predicted octanol–water partition coefficient (Wildman–Crippen LogP) is 5.50. The summed E-state index contributed by atoms with van der Waals surface area (Å²) in [7, 11) is 1.70. The molecule has 0 saturated heterocycles. The second-order valence-corrected chi connectivity index (χ2v) is 8.76. The number of hydrogen-bond acceptors (Lipinski definition) is 5. The van der Waals surface area contributed by atoms with Crippen LogP contribution in [-0.4, -0.2) is 23.6 Å². The summed E-state index contributed by atoms with van der Waals surface area (Å²) in [5.74, 6) is 3.21. The second-order valence-electron chi connectivity index (χ2n) is 7.85. The molecule has 0 radical (unpaired) electrons. The molecule has 27 heavy (non-hydrogen) atoms. The van der Waals surface area contributed by atoms with Crippen LogP contribution in [0.5, 0.6) is 11.5 Å². The van der Waals surface area contributed by atoms with E-state index in [4.69, 9.17) is 19.0 Å². The van der Waals surface area contributed by atoms with Gasteiger partial charge in [-0.25, -0.2) is 5.01 Å². The Hall–Kier alpha value is -1.95. The maximum absolute atomic E-state index is 6.71. The molecule has 6 heteroatoms. The molecule has 1 unspecified atom stereocenters. The monoisotopic (exact) mass is 430 g/mol. The van der Waals surface area contributed by atoms with E-state index in [2.05, 4.69) is 33.9 Å². The highest BCUT2D eigenvalue weighted by Crippen LogP contribution is 2.55. The molecule has 3 aliphatic rings. The lowest BCUT2D eigenvalue weighted by atomic mass is 9.82. The topological polar surface area (TPSA) is 47.2 Å². The van der Waals surface area contributed by atoms with Crippen molar-refractivity contribution in [2.75, 3.05) is 7.11 Å². The van der Waals surface area contributed by atoms with Crippen LogP contribution in [0.1, 0.15) is 56.4 Å². The third kappa shape index (κ3) is 2.68. The molecule has 5 nitrogen and oxygen atoms in total. The molecule has 1 aromatic heterocycles. The fourth-order valence-electron chi connectivity index (χ4n) is 4.60. The van der Waals surface area contributed by atoms with Crippen molar-refractivity contribution in [2.24, 2.45) is 11.0 Å². The average molecular weight is 431 g/mol. The largest absolute Gasteiger partial charge is 0.493 e. The Labute approximate surface area is 167 Å². The number of nitrogens with zero attached hydrogens (tertiary/aromatic N) is 2. The first-order valence-corrected chi connectivity index (χ1v) is 10.4. The number of fused-ring (bicyclic) bond motifs is 4. The molecule has 1 spiro atoms. The van der Waals surface area contributed by atoms with Crippen molar-refractivity contribution in [3.05, 3.63) is 46.3 Å². The molecule has 2 aliphatic heterocycles. The normalized spacial score (nSPS) is 29.1. The predicted molar refractivity (Wildman–Crippen MR) is 106 cm³/mol. The molecule has 142 valence electrons. The van der Waals surface area contributed by atoms with Crippen LogP contribution < -0.4 is 9.47 Å². The lowest BCUT2D eigenvalue weighted by Gasteiger charge is -2.50. The van der Waals surface area contributed by atoms with Crippen LogP contribution in [-0.2, 0) is 0 Å². The van der Waals surface area contributed by atoms with Crippen LogP contribution in [0, 0.1) is 5.92 Å². The van der Waals surface area contributed by atoms with Gasteiger partial charge in [0.05, 0.1) is 19.4 Å². The molecule has 3 heterocycles. The highest BCUT2D eigenvalue weighted by Gasteiger charge is 2.52. The Morgan fingerprint density at radius 2 is 2.11 bits per heavy atom. The Kier molecular flexibility index (Phi) is 4.00. The standard InChI is InChI=1S/C21H23BrN2O3/c1-13-5-7-21(8-6-13)24-17(12-16(23-24)18-4-3-9-26-18)15-10-14(22)11-19(25-2)20(15)27-21/h3-4,9-11,13,17H,5-8,12H2,1-2H3. The summed E-state index contributed by atoms with van der Waals surface area (Å²) in [5.41, 5.74) is 1.70. The first kappa shape index (κ1) is 17.2. The summed E-state index contributed by atoms with van der Waals surface area (Å²) < 4.78 is 19.0. The summed E-state index contributed by atoms with van der Waals surface area (Å²) >= 11 is 3.62. The maximum Gasteiger partial charge on any atom is 0.198 e. The van der Waals surface area contributed by atoms with Gasteiger partial charge in [0.1, 0.15) is 11.5 Å². The molecule has 0 N–H and O–H groups in total. The Morgan fingerprint density at radius 3 is 2.81 bits per heavy atom. The average Bonchev–Trinajstić information content (AvgIpc) is 3.34. The van der Waals surface area contributed by atoms with Crippen molar-refractivity contribution in [3.63, 3.8) is 0 Å². The van der Waals surface area contributed by atoms with E-state index in [0.717, 1.165) is 71.0 Å². The Balaban J connectivity index is 1.63. The molecule has 1 aliphatic carbocycles. The zero-order valence-corrected chi connectivity index (χ0v) is 17.2. The first-order chi connectivity index (χ1) is 13.1. The van der Waals surface area contributed by atoms with E-state index in [1.54, 1.807) is 13.4 Å². The van der Waals surface area contributed by atoms with E-state index >= 15 is 0 Å². The van der Waals surface area contributed by atoms with E-state index in [1.165, 1.54) is 0 Å². The molecule has 0 bridgehead atoms. The molecular formula is C21H23BrN2O3. The van der Waals surface area contributed by atoms with E-state index in [9.17, 15) is 0 Å². The van der Waals surface area contributed by atoms with Crippen molar-refractivity contribution in [1.82, 2.24) is 5.01 Å². The minimum absolute atomic E-state index is 0.133. The lowest BCUT2D eigenvalue weighted by molar-refractivity contribution is -0.146. The number of ether oxygens (including phenoxy) is 2. The van der Waals surface area contributed by atoms with Crippen LogP contribution in [0.3, 0.4) is 0 Å². The summed E-state index contributed by atoms with van der Waals surface area (Å²) in [5, 5.41) is 7.23. The number of hydrazone groups is 1. The van der Waals surface area contributed by atoms with Gasteiger partial charge in [0, 0.05) is 29.3 Å². The van der Waals surface area contributed by atoms with Crippen molar-refractivity contribution in [1.29, 1.82) is 0 Å². The van der Waals surface area contributed by atoms with Gasteiger partial charge < -0.3 is 13.9 Å². The summed E-state index contributed by atoms with van der Waals surface area (Å²) in [6, 6.07) is 8.15. The number of halogens is 1. The maximum atomic E-state index is 6.71. The Bertz CT molecular complexity index is 885. The highest BCUT2D eigenvalue weighted by atomic mass is 79.9. The van der Waals surface area contributed by atoms with Crippen molar-refractivity contribution in [2.45, 2.75) is 50.8 Å². The van der Waals surface area contributed by atoms with Gasteiger partial charge in [-0.2, -0.15) is 5.10 Å². The van der Waals surface area contributed by atoms with E-state index in [1.807, 2.05) is 18.2 Å². The third-order valence-electron chi connectivity index (χ3n) is 6.11. The van der Waals surface area contributed by atoms with Gasteiger partial charge in [0.2, 0.25) is 0 Å². The molecule has 5 rings (SSSR count). The number of furan rings is 1. The Morgan fingerprint density at radius 1 is 1.30 bits per heavy atom. The van der Waals surface area contributed by atoms with Gasteiger partial charge in [0.15, 0.2) is 17.2 Å². The van der Waals surface area contributed by atoms with Gasteiger partial charge in [-0.3, -0.25) is 0 Å². The highest BCUT2D eigenvalue weighted by molar-refractivity contribution is 9.10. The van der Waals surface area contributed by atoms with E-state index in [-0.39, 0.29) is 6.04 Å². The van der Waals surface area contributed by atoms with Crippen LogP contribution in [0.25, 0.3) is 0 Å². The number of benzene rings is 1. The minimum atomic E-state index is -0.403. The van der Waals surface area contributed by atoms with Gasteiger partial charge in [-0.1, -0.05) is 22.9 Å². The fourth-order valence-corrected chi connectivity index (χ4v) is 5.05. The number of hydrogen-bond donors (Lipinski definition) is 0. The van der Waals surface area contributed by atoms with Crippen LogP contribution >= 0.6 is 15.9 Å². The van der Waals surface area contributed by atoms with Gasteiger partial charge in [-0.15, -0.1) is 0 Å². The van der Waals surface area contributed by atoms with Crippen molar-refractivity contribution >= 4 is 21.6 Å². The molecule has 1 fully saturated rings. The molecular weight excluding hydrogens is 408 g/mol. The minimum Gasteiger partial charge on any atom is -0.493 e. The number of rotatable bonds is 2. The number of methoxy groups -OCH3 is 1. The SMILES string of the molecule is COc1cc(Br)cc2c1OC1(CCC(C)CC1)N1N=C(c3ccco3)CC21. The van der Waals surface area contributed by atoms with Gasteiger partial charge >= 0.3 is 0 Å². The summed E-state index contributed by atoms with van der Waals surface area (Å²) in [6.45, 7) is 2.32. The van der Waals surface area contributed by atoms with Gasteiger partial charge in [0.25, 0.3) is 0 Å². The van der Waals surface area contributed by atoms with E-state index < -0.39 is 5.72 Å². The van der Waals surface area contributed by atoms with Crippen molar-refractivity contribution < 1.29 is 13.9 Å². The van der Waals surface area contributed by atoms with Gasteiger partial charge in [-0.05, 0) is 43.0 Å². The molecule has 1 atom stereocenters.